The number of aromatic nitrogens is 1. The second-order valence-corrected chi connectivity index (χ2v) is 11.2. The fourth-order valence-corrected chi connectivity index (χ4v) is 5.83. The van der Waals surface area contributed by atoms with Gasteiger partial charge in [0.05, 0.1) is 27.2 Å². The zero-order valence-electron chi connectivity index (χ0n) is 18.1. The first-order valence-electron chi connectivity index (χ1n) is 9.93. The SMILES string of the molecule is COc1c(Br)cc(-c2csc(C3CCN(C(=O)OC(C)(C)C)CC3)n2)cc1SC(F)(F)F. The average Bonchev–Trinajstić information content (AvgIpc) is 3.15. The summed E-state index contributed by atoms with van der Waals surface area (Å²) >= 11 is 4.58. The molecule has 0 N–H and O–H groups in total. The van der Waals surface area contributed by atoms with Crippen molar-refractivity contribution in [1.29, 1.82) is 0 Å². The van der Waals surface area contributed by atoms with Gasteiger partial charge in [0.25, 0.3) is 0 Å². The Balaban J connectivity index is 1.73. The fraction of sp³-hybridized carbons (Fsp3) is 0.524. The van der Waals surface area contributed by atoms with Crippen LogP contribution in [-0.2, 0) is 4.74 Å². The van der Waals surface area contributed by atoms with Crippen molar-refractivity contribution in [3.05, 3.63) is 27.0 Å². The summed E-state index contributed by atoms with van der Waals surface area (Å²) in [6.07, 6.45) is 1.20. The van der Waals surface area contributed by atoms with Gasteiger partial charge < -0.3 is 14.4 Å². The van der Waals surface area contributed by atoms with Crippen LogP contribution in [0.25, 0.3) is 11.3 Å². The van der Waals surface area contributed by atoms with Gasteiger partial charge in [-0.25, -0.2) is 9.78 Å². The number of alkyl halides is 3. The minimum absolute atomic E-state index is 0.0235. The molecule has 0 saturated carbocycles. The lowest BCUT2D eigenvalue weighted by Crippen LogP contribution is -2.41. The van der Waals surface area contributed by atoms with Crippen molar-refractivity contribution in [2.24, 2.45) is 0 Å². The van der Waals surface area contributed by atoms with E-state index in [1.165, 1.54) is 24.5 Å². The number of hydrogen-bond donors (Lipinski definition) is 0. The lowest BCUT2D eigenvalue weighted by molar-refractivity contribution is -0.0329. The molecule has 1 aliphatic heterocycles. The van der Waals surface area contributed by atoms with E-state index in [-0.39, 0.29) is 34.4 Å². The molecule has 1 fully saturated rings. The van der Waals surface area contributed by atoms with E-state index in [0.29, 0.717) is 28.8 Å². The lowest BCUT2D eigenvalue weighted by Gasteiger charge is -2.32. The van der Waals surface area contributed by atoms with Crippen molar-refractivity contribution in [2.75, 3.05) is 20.2 Å². The molecule has 5 nitrogen and oxygen atoms in total. The van der Waals surface area contributed by atoms with Gasteiger partial charge in [0.2, 0.25) is 0 Å². The van der Waals surface area contributed by atoms with Crippen molar-refractivity contribution in [3.8, 4) is 17.0 Å². The average molecular weight is 553 g/mol. The molecular formula is C21H24BrF3N2O3S2. The van der Waals surface area contributed by atoms with Gasteiger partial charge in [0, 0.05) is 30.0 Å². The number of halogens is 4. The molecule has 2 aromatic rings. The first-order valence-corrected chi connectivity index (χ1v) is 12.4. The molecule has 11 heteroatoms. The minimum Gasteiger partial charge on any atom is -0.494 e. The Labute approximate surface area is 201 Å². The number of piperidine rings is 1. The van der Waals surface area contributed by atoms with E-state index >= 15 is 0 Å². The Hall–Kier alpha value is -1.46. The van der Waals surface area contributed by atoms with Crippen molar-refractivity contribution in [2.45, 2.75) is 55.5 Å². The van der Waals surface area contributed by atoms with Gasteiger partial charge >= 0.3 is 11.6 Å². The summed E-state index contributed by atoms with van der Waals surface area (Å²) in [5.41, 5.74) is -3.76. The number of benzene rings is 1. The monoisotopic (exact) mass is 552 g/mol. The van der Waals surface area contributed by atoms with Gasteiger partial charge in [-0.3, -0.25) is 0 Å². The number of carbonyl (C=O) groups is 1. The largest absolute Gasteiger partial charge is 0.494 e. The molecule has 2 heterocycles. The highest BCUT2D eigenvalue weighted by molar-refractivity contribution is 9.10. The summed E-state index contributed by atoms with van der Waals surface area (Å²) in [4.78, 5) is 18.6. The smallest absolute Gasteiger partial charge is 0.446 e. The Kier molecular flexibility index (Phi) is 7.71. The second-order valence-electron chi connectivity index (χ2n) is 8.35. The summed E-state index contributed by atoms with van der Waals surface area (Å²) in [6, 6.07) is 3.16. The van der Waals surface area contributed by atoms with Crippen LogP contribution in [0.4, 0.5) is 18.0 Å². The van der Waals surface area contributed by atoms with Crippen molar-refractivity contribution < 1.29 is 27.4 Å². The van der Waals surface area contributed by atoms with Crippen LogP contribution >= 0.6 is 39.0 Å². The number of thioether (sulfide) groups is 1. The number of rotatable bonds is 4. The highest BCUT2D eigenvalue weighted by Crippen LogP contribution is 2.46. The fourth-order valence-electron chi connectivity index (χ4n) is 3.36. The molecule has 1 saturated heterocycles. The molecule has 0 atom stereocenters. The topological polar surface area (TPSA) is 51.7 Å². The molecule has 1 aromatic carbocycles. The second kappa shape index (κ2) is 9.80. The first-order chi connectivity index (χ1) is 14.9. The minimum atomic E-state index is -4.43. The highest BCUT2D eigenvalue weighted by atomic mass is 79.9. The molecule has 3 rings (SSSR count). The van der Waals surface area contributed by atoms with E-state index in [1.807, 2.05) is 26.2 Å². The molecule has 0 radical (unpaired) electrons. The van der Waals surface area contributed by atoms with Crippen LogP contribution in [0.15, 0.2) is 26.9 Å². The van der Waals surface area contributed by atoms with Crippen LogP contribution in [0.5, 0.6) is 5.75 Å². The maximum Gasteiger partial charge on any atom is 0.446 e. The number of nitrogens with zero attached hydrogens (tertiary/aromatic N) is 2. The molecular weight excluding hydrogens is 529 g/mol. The van der Waals surface area contributed by atoms with E-state index in [1.54, 1.807) is 11.0 Å². The van der Waals surface area contributed by atoms with Gasteiger partial charge in [0.15, 0.2) is 0 Å². The van der Waals surface area contributed by atoms with E-state index in [4.69, 9.17) is 14.5 Å². The van der Waals surface area contributed by atoms with Crippen molar-refractivity contribution >= 4 is 45.1 Å². The predicted octanol–water partition coefficient (Wildman–Crippen LogP) is 7.31. The molecule has 0 spiro atoms. The zero-order chi connectivity index (χ0) is 23.7. The highest BCUT2D eigenvalue weighted by Gasteiger charge is 2.32. The summed E-state index contributed by atoms with van der Waals surface area (Å²) in [6.45, 7) is 6.67. The zero-order valence-corrected chi connectivity index (χ0v) is 21.3. The maximum absolute atomic E-state index is 13.0. The van der Waals surface area contributed by atoms with Gasteiger partial charge in [0.1, 0.15) is 11.4 Å². The number of hydrogen-bond acceptors (Lipinski definition) is 6. The number of amides is 1. The standard InChI is InChI=1S/C21H24BrF3N2O3S2/c1-20(2,3)30-19(28)27-7-5-12(6-8-27)18-26-15(11-31-18)13-9-14(22)17(29-4)16(10-13)32-21(23,24)25/h9-12H,5-8H2,1-4H3. The van der Waals surface area contributed by atoms with E-state index < -0.39 is 11.1 Å². The Morgan fingerprint density at radius 1 is 1.25 bits per heavy atom. The Bertz CT molecular complexity index is 968. The molecule has 176 valence electrons. The number of likely N-dealkylation sites (tertiary alicyclic amines) is 1. The van der Waals surface area contributed by atoms with Crippen LogP contribution in [0.3, 0.4) is 0 Å². The van der Waals surface area contributed by atoms with Crippen LogP contribution in [0, 0.1) is 0 Å². The molecule has 0 bridgehead atoms. The number of thiazole rings is 1. The normalized spacial score (nSPS) is 15.7. The summed E-state index contributed by atoms with van der Waals surface area (Å²) in [7, 11) is 1.34. The van der Waals surface area contributed by atoms with E-state index in [9.17, 15) is 18.0 Å². The maximum atomic E-state index is 13.0. The molecule has 1 aliphatic rings. The number of ether oxygens (including phenoxy) is 2. The molecule has 1 aromatic heterocycles. The summed E-state index contributed by atoms with van der Waals surface area (Å²) in [5.74, 6) is 0.333. The van der Waals surface area contributed by atoms with Gasteiger partial charge in [-0.15, -0.1) is 11.3 Å². The van der Waals surface area contributed by atoms with E-state index in [2.05, 4.69) is 15.9 Å². The van der Waals surface area contributed by atoms with Gasteiger partial charge in [-0.1, -0.05) is 0 Å². The van der Waals surface area contributed by atoms with Crippen molar-refractivity contribution in [3.63, 3.8) is 0 Å². The van der Waals surface area contributed by atoms with E-state index in [0.717, 1.165) is 17.8 Å². The summed E-state index contributed by atoms with van der Waals surface area (Å²) in [5, 5.41) is 2.77. The van der Waals surface area contributed by atoms with Gasteiger partial charge in [-0.2, -0.15) is 13.2 Å². The quantitative estimate of drug-likeness (QED) is 0.372. The third kappa shape index (κ3) is 6.54. The Morgan fingerprint density at radius 3 is 2.47 bits per heavy atom. The van der Waals surface area contributed by atoms with Crippen LogP contribution < -0.4 is 4.74 Å². The van der Waals surface area contributed by atoms with Crippen LogP contribution in [-0.4, -0.2) is 47.3 Å². The van der Waals surface area contributed by atoms with Gasteiger partial charge in [-0.05, 0) is 73.4 Å². The lowest BCUT2D eigenvalue weighted by atomic mass is 9.98. The molecule has 32 heavy (non-hydrogen) atoms. The first kappa shape index (κ1) is 25.2. The Morgan fingerprint density at radius 2 is 1.91 bits per heavy atom. The third-order valence-electron chi connectivity index (χ3n) is 4.75. The van der Waals surface area contributed by atoms with Crippen LogP contribution in [0.1, 0.15) is 44.5 Å². The molecule has 0 aliphatic carbocycles. The molecule has 1 amide bonds. The predicted molar refractivity (Wildman–Crippen MR) is 123 cm³/mol. The number of methoxy groups -OCH3 is 1. The van der Waals surface area contributed by atoms with Crippen LogP contribution in [0.2, 0.25) is 0 Å². The molecule has 0 unspecified atom stereocenters. The third-order valence-corrected chi connectivity index (χ3v) is 7.10. The van der Waals surface area contributed by atoms with Crippen molar-refractivity contribution in [1.82, 2.24) is 9.88 Å². The summed E-state index contributed by atoms with van der Waals surface area (Å²) < 4.78 is 50.0. The number of carbonyl (C=O) groups excluding carboxylic acids is 1.